The first-order valence-electron chi connectivity index (χ1n) is 5.26. The fraction of sp³-hybridized carbons (Fsp3) is 0.700. The number of imidazole rings is 1. The monoisotopic (exact) mass is 227 g/mol. The van der Waals surface area contributed by atoms with E-state index >= 15 is 0 Å². The Balaban J connectivity index is 1.97. The van der Waals surface area contributed by atoms with Crippen LogP contribution in [-0.2, 0) is 17.8 Å². The van der Waals surface area contributed by atoms with Crippen LogP contribution in [0, 0.1) is 6.92 Å². The average molecular weight is 227 g/mol. The summed E-state index contributed by atoms with van der Waals surface area (Å²) in [6, 6.07) is 0.434. The van der Waals surface area contributed by atoms with Crippen molar-refractivity contribution >= 4 is 16.7 Å². The van der Waals surface area contributed by atoms with Gasteiger partial charge in [0.05, 0.1) is 5.69 Å². The summed E-state index contributed by atoms with van der Waals surface area (Å²) >= 11 is 0. The van der Waals surface area contributed by atoms with Crippen molar-refractivity contribution in [3.05, 3.63) is 11.9 Å². The molecule has 0 spiro atoms. The van der Waals surface area contributed by atoms with E-state index in [1.165, 1.54) is 0 Å². The van der Waals surface area contributed by atoms with Crippen LogP contribution < -0.4 is 5.32 Å². The zero-order valence-electron chi connectivity index (χ0n) is 9.19. The molecule has 1 N–H and O–H groups in total. The van der Waals surface area contributed by atoms with Crippen molar-refractivity contribution in [2.45, 2.75) is 25.8 Å². The lowest BCUT2D eigenvalue weighted by Crippen LogP contribution is -2.30. The minimum absolute atomic E-state index is 0.434. The topological polar surface area (TPSA) is 46.9 Å². The second-order valence-corrected chi connectivity index (χ2v) is 5.78. The first kappa shape index (κ1) is 10.7. The number of hydrogen-bond acceptors (Lipinski definition) is 3. The van der Waals surface area contributed by atoms with E-state index in [-0.39, 0.29) is 0 Å². The Labute approximate surface area is 92.5 Å². The molecule has 2 rings (SSSR count). The molecule has 15 heavy (non-hydrogen) atoms. The predicted octanol–water partition coefficient (Wildman–Crippen LogP) is 1.05. The van der Waals surface area contributed by atoms with Gasteiger partial charge in [0.1, 0.15) is 0 Å². The van der Waals surface area contributed by atoms with Gasteiger partial charge < -0.3 is 9.88 Å². The number of hydrogen-bond donors (Lipinski definition) is 1. The molecule has 0 amide bonds. The van der Waals surface area contributed by atoms with Gasteiger partial charge in [-0.2, -0.15) is 0 Å². The largest absolute Gasteiger partial charge is 0.353 e. The zero-order valence-corrected chi connectivity index (χ0v) is 10.0. The summed E-state index contributed by atoms with van der Waals surface area (Å²) in [5.74, 6) is 2.56. The molecule has 0 bridgehead atoms. The lowest BCUT2D eigenvalue weighted by atomic mass is 10.2. The number of nitrogens with one attached hydrogen (secondary N) is 1. The highest BCUT2D eigenvalue weighted by molar-refractivity contribution is 7.85. The maximum absolute atomic E-state index is 11.2. The summed E-state index contributed by atoms with van der Waals surface area (Å²) in [7, 11) is 1.40. The lowest BCUT2D eigenvalue weighted by molar-refractivity contribution is 0.618. The summed E-state index contributed by atoms with van der Waals surface area (Å²) in [6.07, 6.45) is 3.97. The SMILES string of the molecule is Cc1cn(C)c(NC2CCS(=O)CC2)n1. The summed E-state index contributed by atoms with van der Waals surface area (Å²) in [4.78, 5) is 4.40. The normalized spacial score (nSPS) is 26.5. The van der Waals surface area contributed by atoms with Gasteiger partial charge in [0.15, 0.2) is 0 Å². The molecule has 84 valence electrons. The maximum atomic E-state index is 11.2. The van der Waals surface area contributed by atoms with Crippen molar-refractivity contribution in [3.63, 3.8) is 0 Å². The first-order valence-corrected chi connectivity index (χ1v) is 6.75. The molecule has 1 aliphatic rings. The van der Waals surface area contributed by atoms with Crippen molar-refractivity contribution in [1.29, 1.82) is 0 Å². The maximum Gasteiger partial charge on any atom is 0.202 e. The van der Waals surface area contributed by atoms with Gasteiger partial charge in [0.2, 0.25) is 5.95 Å². The van der Waals surface area contributed by atoms with Crippen molar-refractivity contribution in [2.24, 2.45) is 7.05 Å². The van der Waals surface area contributed by atoms with Crippen LogP contribution in [0.4, 0.5) is 5.95 Å². The average Bonchev–Trinajstić information content (AvgIpc) is 2.49. The Morgan fingerprint density at radius 3 is 2.73 bits per heavy atom. The van der Waals surface area contributed by atoms with Crippen molar-refractivity contribution in [3.8, 4) is 0 Å². The van der Waals surface area contributed by atoms with Gasteiger partial charge in [-0.25, -0.2) is 4.98 Å². The smallest absolute Gasteiger partial charge is 0.202 e. The third kappa shape index (κ3) is 2.59. The minimum Gasteiger partial charge on any atom is -0.353 e. The van der Waals surface area contributed by atoms with Gasteiger partial charge in [0.25, 0.3) is 0 Å². The van der Waals surface area contributed by atoms with Crippen LogP contribution >= 0.6 is 0 Å². The molecule has 1 saturated heterocycles. The van der Waals surface area contributed by atoms with Crippen LogP contribution in [0.25, 0.3) is 0 Å². The molecule has 0 unspecified atom stereocenters. The Bertz CT molecular complexity index is 365. The third-order valence-electron chi connectivity index (χ3n) is 2.72. The summed E-state index contributed by atoms with van der Waals surface area (Å²) in [6.45, 7) is 1.99. The molecule has 4 nitrogen and oxygen atoms in total. The van der Waals surface area contributed by atoms with E-state index in [1.54, 1.807) is 0 Å². The fourth-order valence-electron chi connectivity index (χ4n) is 1.87. The Morgan fingerprint density at radius 2 is 2.20 bits per heavy atom. The van der Waals surface area contributed by atoms with Gasteiger partial charge in [0, 0.05) is 41.6 Å². The van der Waals surface area contributed by atoms with E-state index < -0.39 is 10.8 Å². The van der Waals surface area contributed by atoms with Crippen LogP contribution in [-0.4, -0.2) is 31.3 Å². The highest BCUT2D eigenvalue weighted by atomic mass is 32.2. The molecule has 1 fully saturated rings. The van der Waals surface area contributed by atoms with Crippen LogP contribution in [0.3, 0.4) is 0 Å². The Morgan fingerprint density at radius 1 is 1.53 bits per heavy atom. The standard InChI is InChI=1S/C10H17N3OS/c1-8-7-13(2)10(11-8)12-9-3-5-15(14)6-4-9/h7,9H,3-6H2,1-2H3,(H,11,12). The van der Waals surface area contributed by atoms with Gasteiger partial charge >= 0.3 is 0 Å². The predicted molar refractivity (Wildman–Crippen MR) is 62.5 cm³/mol. The van der Waals surface area contributed by atoms with E-state index in [9.17, 15) is 4.21 Å². The number of rotatable bonds is 2. The quantitative estimate of drug-likeness (QED) is 0.821. The van der Waals surface area contributed by atoms with Crippen molar-refractivity contribution < 1.29 is 4.21 Å². The minimum atomic E-state index is -0.586. The van der Waals surface area contributed by atoms with Gasteiger partial charge in [-0.1, -0.05) is 0 Å². The Kier molecular flexibility index (Phi) is 3.09. The van der Waals surface area contributed by atoms with E-state index in [4.69, 9.17) is 0 Å². The van der Waals surface area contributed by atoms with Crippen molar-refractivity contribution in [1.82, 2.24) is 9.55 Å². The number of nitrogens with zero attached hydrogens (tertiary/aromatic N) is 2. The first-order chi connectivity index (χ1) is 7.15. The summed E-state index contributed by atoms with van der Waals surface area (Å²) in [5.41, 5.74) is 1.03. The summed E-state index contributed by atoms with van der Waals surface area (Å²) < 4.78 is 13.2. The molecule has 5 heteroatoms. The van der Waals surface area contributed by atoms with Gasteiger partial charge in [-0.05, 0) is 19.8 Å². The summed E-state index contributed by atoms with van der Waals surface area (Å²) in [5, 5.41) is 3.41. The second kappa shape index (κ2) is 4.35. The van der Waals surface area contributed by atoms with Crippen molar-refractivity contribution in [2.75, 3.05) is 16.8 Å². The molecule has 1 aliphatic heterocycles. The van der Waals surface area contributed by atoms with Gasteiger partial charge in [-0.3, -0.25) is 4.21 Å². The molecule has 0 aliphatic carbocycles. The number of aryl methyl sites for hydroxylation is 2. The van der Waals surface area contributed by atoms with E-state index in [0.29, 0.717) is 6.04 Å². The molecule has 1 aromatic rings. The van der Waals surface area contributed by atoms with Crippen LogP contribution in [0.1, 0.15) is 18.5 Å². The molecule has 1 aromatic heterocycles. The zero-order chi connectivity index (χ0) is 10.8. The molecule has 0 atom stereocenters. The Hall–Kier alpha value is -0.840. The van der Waals surface area contributed by atoms with E-state index in [0.717, 1.165) is 36.0 Å². The highest BCUT2D eigenvalue weighted by Crippen LogP contribution is 2.15. The van der Waals surface area contributed by atoms with Crippen LogP contribution in [0.2, 0.25) is 0 Å². The highest BCUT2D eigenvalue weighted by Gasteiger charge is 2.18. The molecular formula is C10H17N3OS. The van der Waals surface area contributed by atoms with E-state index in [2.05, 4.69) is 10.3 Å². The molecule has 2 heterocycles. The lowest BCUT2D eigenvalue weighted by Gasteiger charge is -2.22. The van der Waals surface area contributed by atoms with Gasteiger partial charge in [-0.15, -0.1) is 0 Å². The third-order valence-corrected chi connectivity index (χ3v) is 4.10. The molecule has 0 saturated carbocycles. The molecule has 0 radical (unpaired) electrons. The molecule has 0 aromatic carbocycles. The second-order valence-electron chi connectivity index (χ2n) is 4.08. The van der Waals surface area contributed by atoms with Crippen LogP contribution in [0.15, 0.2) is 6.20 Å². The fourth-order valence-corrected chi connectivity index (χ4v) is 3.17. The van der Waals surface area contributed by atoms with E-state index in [1.807, 2.05) is 24.7 Å². The number of anilines is 1. The van der Waals surface area contributed by atoms with Crippen LogP contribution in [0.5, 0.6) is 0 Å². The molecular weight excluding hydrogens is 210 g/mol. The number of aromatic nitrogens is 2.